The van der Waals surface area contributed by atoms with Crippen molar-refractivity contribution in [2.24, 2.45) is 13.0 Å². The van der Waals surface area contributed by atoms with Crippen molar-refractivity contribution in [2.75, 3.05) is 17.6 Å². The van der Waals surface area contributed by atoms with Crippen LogP contribution in [-0.4, -0.2) is 27.5 Å². The number of aromatic nitrogens is 2. The minimum Gasteiger partial charge on any atom is -0.394 e. The van der Waals surface area contributed by atoms with E-state index in [1.165, 1.54) is 0 Å². The van der Waals surface area contributed by atoms with E-state index in [1.54, 1.807) is 4.68 Å². The second-order valence-electron chi connectivity index (χ2n) is 4.87. The van der Waals surface area contributed by atoms with E-state index in [-0.39, 0.29) is 6.10 Å². The molecule has 1 aromatic rings. The summed E-state index contributed by atoms with van der Waals surface area (Å²) < 4.78 is 1.76. The molecule has 1 heterocycles. The molecule has 0 aromatic carbocycles. The molecule has 1 aliphatic rings. The van der Waals surface area contributed by atoms with E-state index < -0.39 is 0 Å². The van der Waals surface area contributed by atoms with Crippen LogP contribution in [0.15, 0.2) is 0 Å². The van der Waals surface area contributed by atoms with Gasteiger partial charge in [0, 0.05) is 13.6 Å². The van der Waals surface area contributed by atoms with Crippen molar-refractivity contribution in [1.82, 2.24) is 9.78 Å². The summed E-state index contributed by atoms with van der Waals surface area (Å²) in [5, 5.41) is 17.4. The lowest BCUT2D eigenvalue weighted by Crippen LogP contribution is -2.22. The smallest absolute Gasteiger partial charge is 0.147 e. The number of nitrogen functional groups attached to an aromatic ring is 1. The molecule has 1 unspecified atom stereocenters. The minimum absolute atomic E-state index is 0.265. The van der Waals surface area contributed by atoms with Gasteiger partial charge in [0.1, 0.15) is 5.82 Å². The van der Waals surface area contributed by atoms with E-state index >= 15 is 0 Å². The maximum absolute atomic E-state index is 9.81. The van der Waals surface area contributed by atoms with Gasteiger partial charge in [0.25, 0.3) is 0 Å². The van der Waals surface area contributed by atoms with Gasteiger partial charge in [-0.3, -0.25) is 4.68 Å². The number of nitrogens with zero attached hydrogens (tertiary/aromatic N) is 2. The molecule has 1 saturated carbocycles. The predicted octanol–water partition coefficient (Wildman–Crippen LogP) is 1.14. The number of aryl methyl sites for hydroxylation is 2. The zero-order chi connectivity index (χ0) is 12.4. The molecule has 1 aliphatic carbocycles. The summed E-state index contributed by atoms with van der Waals surface area (Å²) in [5.41, 5.74) is 7.70. The van der Waals surface area contributed by atoms with Crippen LogP contribution in [0.4, 0.5) is 11.5 Å². The topological polar surface area (TPSA) is 76.1 Å². The fourth-order valence-corrected chi connectivity index (χ4v) is 2.08. The number of nitrogens with two attached hydrogens (primary N) is 1. The molecule has 0 amide bonds. The van der Waals surface area contributed by atoms with E-state index in [2.05, 4.69) is 17.3 Å². The molecular formula is C12H22N4O. The van der Waals surface area contributed by atoms with Crippen LogP contribution < -0.4 is 11.1 Å². The number of hydrogen-bond acceptors (Lipinski definition) is 4. The Morgan fingerprint density at radius 2 is 2.29 bits per heavy atom. The first kappa shape index (κ1) is 12.2. The van der Waals surface area contributed by atoms with Crippen molar-refractivity contribution >= 4 is 11.5 Å². The van der Waals surface area contributed by atoms with Crippen LogP contribution in [0.3, 0.4) is 0 Å². The summed E-state index contributed by atoms with van der Waals surface area (Å²) in [6, 6.07) is 0. The highest BCUT2D eigenvalue weighted by atomic mass is 16.3. The number of aliphatic hydroxyl groups excluding tert-OH is 1. The molecule has 17 heavy (non-hydrogen) atoms. The summed E-state index contributed by atoms with van der Waals surface area (Å²) in [5.74, 6) is 1.31. The molecule has 5 nitrogen and oxygen atoms in total. The van der Waals surface area contributed by atoms with Crippen molar-refractivity contribution in [2.45, 2.75) is 38.7 Å². The predicted molar refractivity (Wildman–Crippen MR) is 68.8 cm³/mol. The lowest BCUT2D eigenvalue weighted by Gasteiger charge is -2.12. The first-order valence-corrected chi connectivity index (χ1v) is 6.36. The zero-order valence-corrected chi connectivity index (χ0v) is 10.6. The van der Waals surface area contributed by atoms with E-state index in [1.807, 2.05) is 7.05 Å². The number of anilines is 2. The third-order valence-corrected chi connectivity index (χ3v) is 3.29. The number of hydrogen-bond donors (Lipinski definition) is 3. The van der Waals surface area contributed by atoms with Gasteiger partial charge in [0.2, 0.25) is 0 Å². The molecule has 0 saturated heterocycles. The maximum Gasteiger partial charge on any atom is 0.147 e. The standard InChI is InChI=1S/C12H22N4O/c1-3-4-9-11(13)12(16(2)15-9)14-7-10(17)8-5-6-8/h8,10,14,17H,3-7,13H2,1-2H3. The highest BCUT2D eigenvalue weighted by molar-refractivity contribution is 5.65. The fourth-order valence-electron chi connectivity index (χ4n) is 2.08. The van der Waals surface area contributed by atoms with Gasteiger partial charge in [-0.2, -0.15) is 5.10 Å². The monoisotopic (exact) mass is 238 g/mol. The van der Waals surface area contributed by atoms with E-state index in [9.17, 15) is 5.11 Å². The van der Waals surface area contributed by atoms with Crippen LogP contribution in [0.1, 0.15) is 31.9 Å². The number of aliphatic hydroxyl groups is 1. The van der Waals surface area contributed by atoms with Gasteiger partial charge in [-0.25, -0.2) is 0 Å². The molecule has 2 rings (SSSR count). The van der Waals surface area contributed by atoms with Gasteiger partial charge in [-0.15, -0.1) is 0 Å². The second kappa shape index (κ2) is 4.96. The molecule has 0 bridgehead atoms. The molecule has 0 spiro atoms. The first-order chi connectivity index (χ1) is 8.13. The van der Waals surface area contributed by atoms with Gasteiger partial charge >= 0.3 is 0 Å². The van der Waals surface area contributed by atoms with Crippen molar-refractivity contribution in [3.05, 3.63) is 5.69 Å². The second-order valence-corrected chi connectivity index (χ2v) is 4.87. The Morgan fingerprint density at radius 3 is 2.88 bits per heavy atom. The zero-order valence-electron chi connectivity index (χ0n) is 10.6. The summed E-state index contributed by atoms with van der Waals surface area (Å²) in [4.78, 5) is 0. The number of rotatable bonds is 6. The fraction of sp³-hybridized carbons (Fsp3) is 0.750. The normalized spacial score (nSPS) is 17.1. The van der Waals surface area contributed by atoms with Gasteiger partial charge in [0.05, 0.1) is 17.5 Å². The molecule has 1 atom stereocenters. The Labute approximate surface area is 102 Å². The van der Waals surface area contributed by atoms with Crippen molar-refractivity contribution in [3.63, 3.8) is 0 Å². The van der Waals surface area contributed by atoms with Crippen molar-refractivity contribution in [3.8, 4) is 0 Å². The Kier molecular flexibility index (Phi) is 3.57. The highest BCUT2D eigenvalue weighted by Crippen LogP contribution is 2.33. The van der Waals surface area contributed by atoms with Crippen LogP contribution in [0.2, 0.25) is 0 Å². The Morgan fingerprint density at radius 1 is 1.59 bits per heavy atom. The molecular weight excluding hydrogens is 216 g/mol. The highest BCUT2D eigenvalue weighted by Gasteiger charge is 2.29. The molecule has 4 N–H and O–H groups in total. The third kappa shape index (κ3) is 2.72. The van der Waals surface area contributed by atoms with E-state index in [0.29, 0.717) is 12.5 Å². The van der Waals surface area contributed by atoms with Crippen LogP contribution in [0, 0.1) is 5.92 Å². The third-order valence-electron chi connectivity index (χ3n) is 3.29. The molecule has 0 aliphatic heterocycles. The first-order valence-electron chi connectivity index (χ1n) is 6.36. The van der Waals surface area contributed by atoms with Gasteiger partial charge < -0.3 is 16.2 Å². The molecule has 96 valence electrons. The lowest BCUT2D eigenvalue weighted by molar-refractivity contribution is 0.164. The summed E-state index contributed by atoms with van der Waals surface area (Å²) in [7, 11) is 1.88. The minimum atomic E-state index is -0.265. The van der Waals surface area contributed by atoms with Crippen LogP contribution in [0.25, 0.3) is 0 Å². The van der Waals surface area contributed by atoms with Gasteiger partial charge in [0.15, 0.2) is 0 Å². The van der Waals surface area contributed by atoms with Crippen LogP contribution >= 0.6 is 0 Å². The molecule has 5 heteroatoms. The van der Waals surface area contributed by atoms with Crippen LogP contribution in [0.5, 0.6) is 0 Å². The molecule has 1 fully saturated rings. The average molecular weight is 238 g/mol. The largest absolute Gasteiger partial charge is 0.394 e. The summed E-state index contributed by atoms with van der Waals surface area (Å²) in [6.07, 6.45) is 3.95. The SMILES string of the molecule is CCCc1nn(C)c(NCC(O)C2CC2)c1N. The lowest BCUT2D eigenvalue weighted by atomic mass is 10.2. The van der Waals surface area contributed by atoms with Gasteiger partial charge in [-0.1, -0.05) is 13.3 Å². The Hall–Kier alpha value is -1.23. The van der Waals surface area contributed by atoms with Crippen molar-refractivity contribution < 1.29 is 5.11 Å². The van der Waals surface area contributed by atoms with E-state index in [0.717, 1.165) is 42.9 Å². The quantitative estimate of drug-likeness (QED) is 0.694. The summed E-state index contributed by atoms with van der Waals surface area (Å²) >= 11 is 0. The summed E-state index contributed by atoms with van der Waals surface area (Å²) in [6.45, 7) is 2.66. The maximum atomic E-state index is 9.81. The number of nitrogens with one attached hydrogen (secondary N) is 1. The van der Waals surface area contributed by atoms with Gasteiger partial charge in [-0.05, 0) is 25.2 Å². The Balaban J connectivity index is 1.98. The Bertz CT molecular complexity index is 384. The van der Waals surface area contributed by atoms with E-state index in [4.69, 9.17) is 5.73 Å². The molecule has 1 aromatic heterocycles. The molecule has 0 radical (unpaired) electrons. The van der Waals surface area contributed by atoms with Crippen LogP contribution in [-0.2, 0) is 13.5 Å². The van der Waals surface area contributed by atoms with Crippen molar-refractivity contribution in [1.29, 1.82) is 0 Å². The average Bonchev–Trinajstić information content (AvgIpc) is 3.08.